The lowest BCUT2D eigenvalue weighted by atomic mass is 10.1. The normalized spacial score (nSPS) is 10.4. The standard InChI is InChI=1S/C23H22N4O4/c1-14-4-7-19(12-15(14)2)25-23(31)20-10-11-22(30)27(26-20)13-21(29)24-18-8-5-17(6-9-18)16(3)28/h4-12H,13H2,1-3H3,(H,24,29)(H,25,31). The van der Waals surface area contributed by atoms with Crippen LogP contribution >= 0.6 is 0 Å². The van der Waals surface area contributed by atoms with E-state index in [1.807, 2.05) is 26.0 Å². The maximum Gasteiger partial charge on any atom is 0.276 e. The summed E-state index contributed by atoms with van der Waals surface area (Å²) in [5.74, 6) is -1.06. The molecule has 2 amide bonds. The van der Waals surface area contributed by atoms with E-state index in [9.17, 15) is 19.2 Å². The second-order valence-corrected chi connectivity index (χ2v) is 7.15. The average molecular weight is 418 g/mol. The van der Waals surface area contributed by atoms with Gasteiger partial charge in [-0.2, -0.15) is 5.10 Å². The molecule has 0 unspecified atom stereocenters. The summed E-state index contributed by atoms with van der Waals surface area (Å²) in [6, 6.07) is 14.4. The molecule has 3 rings (SSSR count). The molecule has 8 heteroatoms. The number of benzene rings is 2. The zero-order valence-corrected chi connectivity index (χ0v) is 17.4. The Morgan fingerprint density at radius 3 is 2.19 bits per heavy atom. The number of carbonyl (C=O) groups is 3. The van der Waals surface area contributed by atoms with Gasteiger partial charge in [0.25, 0.3) is 11.5 Å². The summed E-state index contributed by atoms with van der Waals surface area (Å²) in [6.45, 7) is 5.00. The van der Waals surface area contributed by atoms with E-state index >= 15 is 0 Å². The number of amides is 2. The third-order valence-corrected chi connectivity index (χ3v) is 4.73. The lowest BCUT2D eigenvalue weighted by Crippen LogP contribution is -2.31. The maximum atomic E-state index is 12.5. The van der Waals surface area contributed by atoms with Gasteiger partial charge in [-0.3, -0.25) is 19.2 Å². The number of aromatic nitrogens is 2. The van der Waals surface area contributed by atoms with Crippen LogP contribution in [0.5, 0.6) is 0 Å². The van der Waals surface area contributed by atoms with Crippen molar-refractivity contribution in [3.05, 3.63) is 87.3 Å². The SMILES string of the molecule is CC(=O)c1ccc(NC(=O)Cn2nc(C(=O)Nc3ccc(C)c(C)c3)ccc2=O)cc1. The van der Waals surface area contributed by atoms with Crippen molar-refractivity contribution < 1.29 is 14.4 Å². The maximum absolute atomic E-state index is 12.5. The topological polar surface area (TPSA) is 110 Å². The van der Waals surface area contributed by atoms with Crippen molar-refractivity contribution in [3.63, 3.8) is 0 Å². The molecule has 0 spiro atoms. The molecule has 1 heterocycles. The van der Waals surface area contributed by atoms with Gasteiger partial charge in [0.15, 0.2) is 5.78 Å². The van der Waals surface area contributed by atoms with Crippen LogP contribution in [-0.2, 0) is 11.3 Å². The fourth-order valence-corrected chi connectivity index (χ4v) is 2.82. The quantitative estimate of drug-likeness (QED) is 0.598. The molecule has 0 saturated carbocycles. The monoisotopic (exact) mass is 418 g/mol. The van der Waals surface area contributed by atoms with Gasteiger partial charge in [0.05, 0.1) is 0 Å². The van der Waals surface area contributed by atoms with Crippen LogP contribution in [0.15, 0.2) is 59.4 Å². The molecule has 0 bridgehead atoms. The highest BCUT2D eigenvalue weighted by molar-refractivity contribution is 6.02. The van der Waals surface area contributed by atoms with Gasteiger partial charge in [-0.15, -0.1) is 0 Å². The predicted molar refractivity (Wildman–Crippen MR) is 117 cm³/mol. The lowest BCUT2D eigenvalue weighted by Gasteiger charge is -2.10. The molecule has 0 saturated heterocycles. The number of rotatable bonds is 6. The van der Waals surface area contributed by atoms with Crippen LogP contribution < -0.4 is 16.2 Å². The first-order chi connectivity index (χ1) is 14.7. The third-order valence-electron chi connectivity index (χ3n) is 4.73. The van der Waals surface area contributed by atoms with Crippen molar-refractivity contribution in [2.45, 2.75) is 27.3 Å². The molecule has 2 N–H and O–H groups in total. The summed E-state index contributed by atoms with van der Waals surface area (Å²) in [7, 11) is 0. The number of aryl methyl sites for hydroxylation is 2. The van der Waals surface area contributed by atoms with E-state index in [-0.39, 0.29) is 18.0 Å². The number of nitrogens with one attached hydrogen (secondary N) is 2. The fourth-order valence-electron chi connectivity index (χ4n) is 2.82. The Balaban J connectivity index is 1.70. The van der Waals surface area contributed by atoms with Crippen LogP contribution in [0.2, 0.25) is 0 Å². The zero-order chi connectivity index (χ0) is 22.5. The van der Waals surface area contributed by atoms with E-state index in [1.54, 1.807) is 30.3 Å². The Labute approximate surface area is 178 Å². The van der Waals surface area contributed by atoms with Gasteiger partial charge in [0.1, 0.15) is 12.2 Å². The Morgan fingerprint density at radius 1 is 0.871 bits per heavy atom. The van der Waals surface area contributed by atoms with Crippen molar-refractivity contribution in [1.29, 1.82) is 0 Å². The number of hydrogen-bond acceptors (Lipinski definition) is 5. The van der Waals surface area contributed by atoms with Crippen molar-refractivity contribution in [2.24, 2.45) is 0 Å². The van der Waals surface area contributed by atoms with Crippen molar-refractivity contribution >= 4 is 29.0 Å². The van der Waals surface area contributed by atoms with E-state index < -0.39 is 17.4 Å². The van der Waals surface area contributed by atoms with Gasteiger partial charge in [0, 0.05) is 23.0 Å². The van der Waals surface area contributed by atoms with Crippen molar-refractivity contribution in [1.82, 2.24) is 9.78 Å². The minimum Gasteiger partial charge on any atom is -0.324 e. The number of anilines is 2. The Morgan fingerprint density at radius 2 is 1.55 bits per heavy atom. The predicted octanol–water partition coefficient (Wildman–Crippen LogP) is 2.95. The highest BCUT2D eigenvalue weighted by Gasteiger charge is 2.13. The molecule has 0 aliphatic heterocycles. The second-order valence-electron chi connectivity index (χ2n) is 7.15. The van der Waals surface area contributed by atoms with Gasteiger partial charge in [-0.25, -0.2) is 4.68 Å². The van der Waals surface area contributed by atoms with E-state index in [0.29, 0.717) is 16.9 Å². The Hall–Kier alpha value is -4.07. The smallest absolute Gasteiger partial charge is 0.276 e. The fraction of sp³-hybridized carbons (Fsp3) is 0.174. The minimum absolute atomic E-state index is 0.0106. The molecule has 8 nitrogen and oxygen atoms in total. The summed E-state index contributed by atoms with van der Waals surface area (Å²) >= 11 is 0. The van der Waals surface area contributed by atoms with Crippen LogP contribution in [0.3, 0.4) is 0 Å². The molecule has 1 aromatic heterocycles. The summed E-state index contributed by atoms with van der Waals surface area (Å²) < 4.78 is 0.925. The van der Waals surface area contributed by atoms with Crippen molar-refractivity contribution in [3.8, 4) is 0 Å². The number of carbonyl (C=O) groups excluding carboxylic acids is 3. The highest BCUT2D eigenvalue weighted by Crippen LogP contribution is 2.15. The number of ketones is 1. The van der Waals surface area contributed by atoms with Crippen molar-refractivity contribution in [2.75, 3.05) is 10.6 Å². The molecular weight excluding hydrogens is 396 g/mol. The minimum atomic E-state index is -0.509. The van der Waals surface area contributed by atoms with Gasteiger partial charge >= 0.3 is 0 Å². The Bertz CT molecular complexity index is 1210. The first-order valence-electron chi connectivity index (χ1n) is 9.60. The van der Waals surface area contributed by atoms with Crippen LogP contribution in [0.4, 0.5) is 11.4 Å². The molecule has 0 aliphatic carbocycles. The highest BCUT2D eigenvalue weighted by atomic mass is 16.2. The van der Waals surface area contributed by atoms with Gasteiger partial charge in [-0.1, -0.05) is 6.07 Å². The molecular formula is C23H22N4O4. The van der Waals surface area contributed by atoms with Crippen LogP contribution in [0, 0.1) is 13.8 Å². The molecule has 0 radical (unpaired) electrons. The summed E-state index contributed by atoms with van der Waals surface area (Å²) in [4.78, 5) is 48.3. The lowest BCUT2D eigenvalue weighted by molar-refractivity contribution is -0.117. The summed E-state index contributed by atoms with van der Waals surface area (Å²) in [6.07, 6.45) is 0. The van der Waals surface area contributed by atoms with E-state index in [4.69, 9.17) is 0 Å². The van der Waals surface area contributed by atoms with E-state index in [1.165, 1.54) is 19.1 Å². The number of Topliss-reactive ketones (excluding diaryl/α,β-unsaturated/α-hetero) is 1. The molecule has 2 aromatic carbocycles. The first-order valence-corrected chi connectivity index (χ1v) is 9.60. The van der Waals surface area contributed by atoms with Crippen LogP contribution in [-0.4, -0.2) is 27.4 Å². The Kier molecular flexibility index (Phi) is 6.40. The zero-order valence-electron chi connectivity index (χ0n) is 17.4. The third kappa shape index (κ3) is 5.51. The van der Waals surface area contributed by atoms with E-state index in [2.05, 4.69) is 15.7 Å². The number of nitrogens with zero attached hydrogens (tertiary/aromatic N) is 2. The molecule has 158 valence electrons. The molecule has 31 heavy (non-hydrogen) atoms. The summed E-state index contributed by atoms with van der Waals surface area (Å²) in [5, 5.41) is 9.38. The molecule has 0 fully saturated rings. The van der Waals surface area contributed by atoms with E-state index in [0.717, 1.165) is 15.8 Å². The molecule has 0 atom stereocenters. The van der Waals surface area contributed by atoms with Gasteiger partial charge < -0.3 is 10.6 Å². The second kappa shape index (κ2) is 9.17. The van der Waals surface area contributed by atoms with Gasteiger partial charge in [-0.05, 0) is 74.4 Å². The van der Waals surface area contributed by atoms with Gasteiger partial charge in [0.2, 0.25) is 5.91 Å². The molecule has 0 aliphatic rings. The summed E-state index contributed by atoms with van der Waals surface area (Å²) in [5.41, 5.74) is 3.25. The largest absolute Gasteiger partial charge is 0.324 e. The van der Waals surface area contributed by atoms with Crippen LogP contribution in [0.1, 0.15) is 38.9 Å². The number of hydrogen-bond donors (Lipinski definition) is 2. The first kappa shape index (κ1) is 21.6. The molecule has 3 aromatic rings. The van der Waals surface area contributed by atoms with Crippen LogP contribution in [0.25, 0.3) is 0 Å². The average Bonchev–Trinajstić information content (AvgIpc) is 2.72.